The quantitative estimate of drug-likeness (QED) is 0.201. The van der Waals surface area contributed by atoms with Crippen molar-refractivity contribution < 1.29 is 73.7 Å². The summed E-state index contributed by atoms with van der Waals surface area (Å²) < 4.78 is 2.72. The van der Waals surface area contributed by atoms with Gasteiger partial charge in [0, 0.05) is 35.3 Å². The zero-order valence-corrected chi connectivity index (χ0v) is 24.1. The number of carboxylic acids is 4. The van der Waals surface area contributed by atoms with Crippen LogP contribution in [0.1, 0.15) is 27.7 Å². The maximum absolute atomic E-state index is 8.89. The van der Waals surface area contributed by atoms with Crippen LogP contribution in [-0.4, -0.2) is 64.3 Å². The number of carbonyl (C=O) groups is 4. The fourth-order valence-corrected chi connectivity index (χ4v) is 1.86. The average Bonchev–Trinajstić information content (AvgIpc) is 3.47. The Labute approximate surface area is 260 Å². The first-order valence-electron chi connectivity index (χ1n) is 10.5. The molecule has 4 rings (SSSR count). The predicted octanol–water partition coefficient (Wildman–Crippen LogP) is -2.29. The normalized spacial score (nSPS) is 8.10. The van der Waals surface area contributed by atoms with E-state index in [-0.39, 0.29) is 46.0 Å². The number of carboxylic acid groups (broad SMARTS) is 4. The molecular weight excluding hydrogens is 659 g/mol. The van der Waals surface area contributed by atoms with Crippen LogP contribution < -0.4 is 20.4 Å². The molecular formula is C22H24Cu2N10O8-2. The van der Waals surface area contributed by atoms with E-state index in [0.717, 1.165) is 39.1 Å². The zero-order chi connectivity index (χ0) is 31.1. The van der Waals surface area contributed by atoms with E-state index in [1.165, 1.54) is 9.36 Å². The van der Waals surface area contributed by atoms with Crippen molar-refractivity contribution in [3.63, 3.8) is 0 Å². The second kappa shape index (κ2) is 26.3. The summed E-state index contributed by atoms with van der Waals surface area (Å²) in [6.45, 7) is 3.89. The van der Waals surface area contributed by atoms with Gasteiger partial charge in [-0.05, 0) is 27.7 Å². The first kappa shape index (κ1) is 44.1. The number of nitrogens with zero attached hydrogens (tertiary/aromatic N) is 8. The van der Waals surface area contributed by atoms with Crippen LogP contribution in [-0.2, 0) is 53.3 Å². The van der Waals surface area contributed by atoms with Crippen LogP contribution >= 0.6 is 0 Å². The Morgan fingerprint density at radius 3 is 0.929 bits per heavy atom. The first-order chi connectivity index (χ1) is 18.7. The summed E-state index contributed by atoms with van der Waals surface area (Å²) in [4.78, 5) is 35.6. The van der Waals surface area contributed by atoms with Gasteiger partial charge >= 0.3 is 34.1 Å². The molecule has 0 saturated carbocycles. The number of carbonyl (C=O) groups excluding carboxylic acids is 4. The van der Waals surface area contributed by atoms with Gasteiger partial charge in [-0.1, -0.05) is 60.7 Å². The Morgan fingerprint density at radius 1 is 0.548 bits per heavy atom. The Bertz CT molecular complexity index is 1150. The Morgan fingerprint density at radius 2 is 0.762 bits per heavy atom. The summed E-state index contributed by atoms with van der Waals surface area (Å²) >= 11 is 0. The van der Waals surface area contributed by atoms with Gasteiger partial charge in [0.05, 0.1) is 11.9 Å². The number of nitrogens with one attached hydrogen (secondary N) is 2. The van der Waals surface area contributed by atoms with Crippen molar-refractivity contribution in [2.75, 3.05) is 0 Å². The van der Waals surface area contributed by atoms with Gasteiger partial charge in [0.25, 0.3) is 0 Å². The minimum atomic E-state index is -1.08. The van der Waals surface area contributed by atoms with Crippen molar-refractivity contribution in [2.45, 2.75) is 27.7 Å². The van der Waals surface area contributed by atoms with Gasteiger partial charge < -0.3 is 51.1 Å². The van der Waals surface area contributed by atoms with Gasteiger partial charge in [-0.3, -0.25) is 19.6 Å². The number of aromatic nitrogens is 8. The fraction of sp³-hybridized carbons (Fsp3) is 0.182. The molecule has 234 valence electrons. The summed E-state index contributed by atoms with van der Waals surface area (Å²) in [6.07, 6.45) is 0. The Hall–Kier alpha value is -4.90. The van der Waals surface area contributed by atoms with Crippen LogP contribution in [0, 0.1) is 0 Å². The first-order valence-corrected chi connectivity index (χ1v) is 10.5. The monoisotopic (exact) mass is 682 g/mol. The minimum Gasteiger partial charge on any atom is -0.550 e. The van der Waals surface area contributed by atoms with Gasteiger partial charge in [-0.15, -0.1) is 20.9 Å². The third kappa shape index (κ3) is 26.7. The number of hydrogen-bond acceptors (Lipinski definition) is 14. The maximum atomic E-state index is 8.89. The molecule has 0 saturated heterocycles. The van der Waals surface area contributed by atoms with Gasteiger partial charge in [0.1, 0.15) is 0 Å². The minimum absolute atomic E-state index is 0. The molecule has 0 amide bonds. The van der Waals surface area contributed by atoms with Crippen LogP contribution in [0.4, 0.5) is 11.9 Å². The maximum Gasteiger partial charge on any atom is 2.00 e. The van der Waals surface area contributed by atoms with Crippen molar-refractivity contribution in [2.24, 2.45) is 0 Å². The van der Waals surface area contributed by atoms with E-state index in [4.69, 9.17) is 51.1 Å². The van der Waals surface area contributed by atoms with Crippen molar-refractivity contribution in [3.8, 4) is 11.4 Å². The predicted molar refractivity (Wildman–Crippen MR) is 129 cm³/mol. The second-order valence-corrected chi connectivity index (χ2v) is 6.47. The molecule has 0 atom stereocenters. The van der Waals surface area contributed by atoms with E-state index in [9.17, 15) is 0 Å². The summed E-state index contributed by atoms with van der Waals surface area (Å²) in [7, 11) is 0. The van der Waals surface area contributed by atoms with Gasteiger partial charge in [-0.2, -0.15) is 0 Å². The number of hydrogen-bond donors (Lipinski definition) is 0. The molecule has 2 aromatic carbocycles. The second-order valence-electron chi connectivity index (χ2n) is 6.47. The molecule has 4 aromatic rings. The molecule has 0 aliphatic heterocycles. The third-order valence-corrected chi connectivity index (χ3v) is 2.94. The standard InChI is InChI=1S/2C7H6N5.4C2H4O2.2Cu/c2*8-7-9-10-11-12(7)6-4-2-1-3-5-6;4*1-2(3)4;;/h2*1-5H,(H-,8,9,11);4*1H3,(H,3,4);;/q2*-1;;;;;2*+2/p-4. The molecule has 18 nitrogen and oxygen atoms in total. The number of aliphatic carboxylic acids is 4. The molecule has 0 fully saturated rings. The van der Waals surface area contributed by atoms with Crippen molar-refractivity contribution in [1.29, 1.82) is 0 Å². The molecule has 2 aromatic heterocycles. The number of para-hydroxylation sites is 2. The molecule has 2 radical (unpaired) electrons. The summed E-state index contributed by atoms with van der Waals surface area (Å²) in [5.41, 5.74) is 16.2. The van der Waals surface area contributed by atoms with E-state index in [1.54, 1.807) is 0 Å². The largest absolute Gasteiger partial charge is 2.00 e. The van der Waals surface area contributed by atoms with E-state index < -0.39 is 23.9 Å². The molecule has 42 heavy (non-hydrogen) atoms. The summed E-state index contributed by atoms with van der Waals surface area (Å²) in [6, 6.07) is 18.7. The molecule has 0 bridgehead atoms. The van der Waals surface area contributed by atoms with Gasteiger partial charge in [0.15, 0.2) is 0 Å². The summed E-state index contributed by atoms with van der Waals surface area (Å²) in [5.74, 6) is -4.25. The Balaban J connectivity index is -0.000000225. The van der Waals surface area contributed by atoms with E-state index in [2.05, 4.69) is 31.1 Å². The Kier molecular flexibility index (Phi) is 27.7. The number of tetrazole rings is 2. The van der Waals surface area contributed by atoms with Gasteiger partial charge in [-0.25, -0.2) is 0 Å². The molecule has 2 heterocycles. The molecule has 0 aliphatic carbocycles. The molecule has 0 aliphatic rings. The van der Waals surface area contributed by atoms with Crippen LogP contribution in [0.25, 0.3) is 22.8 Å². The van der Waals surface area contributed by atoms with E-state index >= 15 is 0 Å². The number of benzene rings is 2. The fourth-order valence-electron chi connectivity index (χ4n) is 1.86. The van der Waals surface area contributed by atoms with Crippen LogP contribution in [0.3, 0.4) is 0 Å². The van der Waals surface area contributed by atoms with Crippen molar-refractivity contribution in [1.82, 2.24) is 40.4 Å². The van der Waals surface area contributed by atoms with Crippen molar-refractivity contribution >= 4 is 35.8 Å². The van der Waals surface area contributed by atoms with Crippen LogP contribution in [0.5, 0.6) is 0 Å². The summed E-state index contributed by atoms with van der Waals surface area (Å²) in [5, 5.41) is 56.5. The van der Waals surface area contributed by atoms with Crippen LogP contribution in [0.2, 0.25) is 0 Å². The molecule has 20 heteroatoms. The van der Waals surface area contributed by atoms with Crippen molar-refractivity contribution in [3.05, 3.63) is 72.1 Å². The third-order valence-electron chi connectivity index (χ3n) is 2.94. The smallest absolute Gasteiger partial charge is 0.550 e. The zero-order valence-electron chi connectivity index (χ0n) is 22.2. The topological polar surface area (TPSA) is 295 Å². The van der Waals surface area contributed by atoms with E-state index in [1.807, 2.05) is 60.7 Å². The van der Waals surface area contributed by atoms with Gasteiger partial charge in [0.2, 0.25) is 0 Å². The SMILES string of the molecule is CC(=O)[O-].CC(=O)[O-].CC(=O)[O-].CC(=O)[O-].[Cu+2].[Cu+2].[NH-]c1nnnn1-c1ccccc1.[NH-]c1nnnn1-c1ccccc1. The molecule has 0 spiro atoms. The van der Waals surface area contributed by atoms with Crippen LogP contribution in [0.15, 0.2) is 60.7 Å². The molecule has 2 N–H and O–H groups in total. The number of rotatable bonds is 2. The molecule has 0 unspecified atom stereocenters. The average molecular weight is 684 g/mol. The van der Waals surface area contributed by atoms with E-state index in [0.29, 0.717) is 0 Å².